The highest BCUT2D eigenvalue weighted by atomic mass is 35.5. The topological polar surface area (TPSA) is 62.2 Å². The number of halogens is 1. The van der Waals surface area contributed by atoms with Crippen molar-refractivity contribution in [2.45, 2.75) is 38.7 Å². The number of amides is 1. The van der Waals surface area contributed by atoms with E-state index in [1.807, 2.05) is 0 Å². The third-order valence-electron chi connectivity index (χ3n) is 3.49. The third kappa shape index (κ3) is 4.18. The number of rotatable bonds is 3. The molecule has 0 saturated heterocycles. The minimum Gasteiger partial charge on any atom is -0.393 e. The van der Waals surface area contributed by atoms with Crippen molar-refractivity contribution < 1.29 is 9.90 Å². The lowest BCUT2D eigenvalue weighted by Crippen LogP contribution is -2.33. The predicted molar refractivity (Wildman–Crippen MR) is 74.3 cm³/mol. The van der Waals surface area contributed by atoms with Gasteiger partial charge in [-0.3, -0.25) is 4.79 Å². The van der Waals surface area contributed by atoms with Gasteiger partial charge in [-0.25, -0.2) is 4.98 Å². The van der Waals surface area contributed by atoms with Crippen LogP contribution in [0.15, 0.2) is 12.1 Å². The number of aliphatic hydroxyl groups is 1. The summed E-state index contributed by atoms with van der Waals surface area (Å²) >= 11 is 5.84. The maximum Gasteiger partial charge on any atom is 0.251 e. The van der Waals surface area contributed by atoms with E-state index >= 15 is 0 Å². The normalized spacial score (nSPS) is 23.1. The van der Waals surface area contributed by atoms with Gasteiger partial charge in [-0.1, -0.05) is 18.0 Å². The van der Waals surface area contributed by atoms with Crippen LogP contribution in [-0.2, 0) is 0 Å². The van der Waals surface area contributed by atoms with E-state index in [9.17, 15) is 9.90 Å². The third-order valence-corrected chi connectivity index (χ3v) is 3.68. The monoisotopic (exact) mass is 282 g/mol. The zero-order chi connectivity index (χ0) is 13.8. The van der Waals surface area contributed by atoms with E-state index in [4.69, 9.17) is 11.6 Å². The molecule has 0 bridgehead atoms. The fraction of sp³-hybridized carbons (Fsp3) is 0.571. The first-order valence-corrected chi connectivity index (χ1v) is 7.03. The van der Waals surface area contributed by atoms with Gasteiger partial charge >= 0.3 is 0 Å². The van der Waals surface area contributed by atoms with Gasteiger partial charge in [0, 0.05) is 17.8 Å². The molecule has 2 unspecified atom stereocenters. The Morgan fingerprint density at radius 2 is 2.32 bits per heavy atom. The summed E-state index contributed by atoms with van der Waals surface area (Å²) in [7, 11) is 0. The Hall–Kier alpha value is -1.13. The molecule has 4 nitrogen and oxygen atoms in total. The summed E-state index contributed by atoms with van der Waals surface area (Å²) in [4.78, 5) is 16.0. The summed E-state index contributed by atoms with van der Waals surface area (Å²) < 4.78 is 0. The van der Waals surface area contributed by atoms with Crippen LogP contribution in [-0.4, -0.2) is 28.6 Å². The number of nitrogens with zero attached hydrogens (tertiary/aromatic N) is 1. The van der Waals surface area contributed by atoms with Crippen LogP contribution < -0.4 is 5.32 Å². The quantitative estimate of drug-likeness (QED) is 0.837. The number of hydrogen-bond acceptors (Lipinski definition) is 3. The molecular weight excluding hydrogens is 264 g/mol. The molecule has 0 spiro atoms. The molecule has 1 heterocycles. The molecule has 0 aromatic carbocycles. The van der Waals surface area contributed by atoms with E-state index < -0.39 is 0 Å². The van der Waals surface area contributed by atoms with Gasteiger partial charge < -0.3 is 10.4 Å². The molecular formula is C14H19ClN2O2. The minimum absolute atomic E-state index is 0.132. The Morgan fingerprint density at radius 3 is 3.00 bits per heavy atom. The first-order valence-electron chi connectivity index (χ1n) is 6.65. The maximum atomic E-state index is 12.0. The largest absolute Gasteiger partial charge is 0.393 e. The van der Waals surface area contributed by atoms with Crippen molar-refractivity contribution in [1.82, 2.24) is 10.3 Å². The summed E-state index contributed by atoms with van der Waals surface area (Å²) in [5.41, 5.74) is 1.26. The lowest BCUT2D eigenvalue weighted by Gasteiger charge is -2.25. The Labute approximate surface area is 118 Å². The van der Waals surface area contributed by atoms with Crippen LogP contribution >= 0.6 is 11.6 Å². The zero-order valence-corrected chi connectivity index (χ0v) is 11.8. The van der Waals surface area contributed by atoms with E-state index in [1.165, 1.54) is 0 Å². The highest BCUT2D eigenvalue weighted by molar-refractivity contribution is 6.29. The standard InChI is InChI=1S/C14H19ClN2O2/c1-9-5-11(7-13(15)17-9)14(19)16-8-10-3-2-4-12(18)6-10/h5,7,10,12,18H,2-4,6,8H2,1H3,(H,16,19). The molecule has 5 heteroatoms. The van der Waals surface area contributed by atoms with E-state index in [1.54, 1.807) is 19.1 Å². The highest BCUT2D eigenvalue weighted by Gasteiger charge is 2.20. The van der Waals surface area contributed by atoms with Crippen molar-refractivity contribution in [3.05, 3.63) is 28.5 Å². The van der Waals surface area contributed by atoms with Crippen LogP contribution in [0.4, 0.5) is 0 Å². The second kappa shape index (κ2) is 6.35. The Balaban J connectivity index is 1.90. The Kier molecular flexibility index (Phi) is 4.77. The molecule has 1 amide bonds. The molecule has 1 aliphatic rings. The van der Waals surface area contributed by atoms with Gasteiger partial charge in [-0.2, -0.15) is 0 Å². The van der Waals surface area contributed by atoms with Crippen LogP contribution in [0.2, 0.25) is 5.15 Å². The molecule has 0 aliphatic heterocycles. The summed E-state index contributed by atoms with van der Waals surface area (Å²) in [6, 6.07) is 3.29. The van der Waals surface area contributed by atoms with Gasteiger partial charge in [0.1, 0.15) is 5.15 Å². The summed E-state index contributed by atoms with van der Waals surface area (Å²) in [5.74, 6) is 0.235. The van der Waals surface area contributed by atoms with Gasteiger partial charge in [-0.15, -0.1) is 0 Å². The smallest absolute Gasteiger partial charge is 0.251 e. The molecule has 2 atom stereocenters. The lowest BCUT2D eigenvalue weighted by molar-refractivity contribution is 0.0873. The average molecular weight is 283 g/mol. The number of pyridine rings is 1. The first-order chi connectivity index (χ1) is 9.04. The molecule has 0 radical (unpaired) electrons. The molecule has 1 aromatic rings. The zero-order valence-electron chi connectivity index (χ0n) is 11.0. The van der Waals surface area contributed by atoms with Gasteiger partial charge in [-0.05, 0) is 44.2 Å². The van der Waals surface area contributed by atoms with E-state index in [-0.39, 0.29) is 12.0 Å². The second-order valence-corrected chi connectivity index (χ2v) is 5.60. The van der Waals surface area contributed by atoms with Crippen LogP contribution in [0.25, 0.3) is 0 Å². The van der Waals surface area contributed by atoms with Gasteiger partial charge in [0.25, 0.3) is 5.91 Å². The fourth-order valence-corrected chi connectivity index (χ4v) is 2.80. The molecule has 104 valence electrons. The predicted octanol–water partition coefficient (Wildman–Crippen LogP) is 2.32. The molecule has 1 aromatic heterocycles. The molecule has 1 fully saturated rings. The number of aryl methyl sites for hydroxylation is 1. The average Bonchev–Trinajstić information content (AvgIpc) is 2.35. The number of carbonyl (C=O) groups is 1. The van der Waals surface area contributed by atoms with Crippen molar-refractivity contribution in [1.29, 1.82) is 0 Å². The van der Waals surface area contributed by atoms with E-state index in [0.29, 0.717) is 23.2 Å². The number of carbonyl (C=O) groups excluding carboxylic acids is 1. The number of aromatic nitrogens is 1. The lowest BCUT2D eigenvalue weighted by atomic mass is 9.87. The minimum atomic E-state index is -0.215. The summed E-state index contributed by atoms with van der Waals surface area (Å²) in [5, 5.41) is 12.8. The fourth-order valence-electron chi connectivity index (χ4n) is 2.55. The van der Waals surface area contributed by atoms with Crippen molar-refractivity contribution in [3.8, 4) is 0 Å². The van der Waals surface area contributed by atoms with Crippen LogP contribution in [0.1, 0.15) is 41.7 Å². The number of nitrogens with one attached hydrogen (secondary N) is 1. The maximum absolute atomic E-state index is 12.0. The van der Waals surface area contributed by atoms with Crippen LogP contribution in [0.5, 0.6) is 0 Å². The highest BCUT2D eigenvalue weighted by Crippen LogP contribution is 2.23. The van der Waals surface area contributed by atoms with Crippen molar-refractivity contribution in [3.63, 3.8) is 0 Å². The SMILES string of the molecule is Cc1cc(C(=O)NCC2CCCC(O)C2)cc(Cl)n1. The summed E-state index contributed by atoms with van der Waals surface area (Å²) in [6.45, 7) is 2.41. The Bertz CT molecular complexity index is 445. The molecule has 1 aliphatic carbocycles. The second-order valence-electron chi connectivity index (χ2n) is 5.22. The van der Waals surface area contributed by atoms with E-state index in [0.717, 1.165) is 31.4 Å². The van der Waals surface area contributed by atoms with Crippen LogP contribution in [0, 0.1) is 12.8 Å². The molecule has 2 N–H and O–H groups in total. The summed E-state index contributed by atoms with van der Waals surface area (Å²) in [6.07, 6.45) is 3.53. The molecule has 19 heavy (non-hydrogen) atoms. The van der Waals surface area contributed by atoms with Crippen molar-refractivity contribution in [2.75, 3.05) is 6.54 Å². The van der Waals surface area contributed by atoms with Gasteiger partial charge in [0.2, 0.25) is 0 Å². The molecule has 2 rings (SSSR count). The van der Waals surface area contributed by atoms with Crippen LogP contribution in [0.3, 0.4) is 0 Å². The van der Waals surface area contributed by atoms with E-state index in [2.05, 4.69) is 10.3 Å². The number of hydrogen-bond donors (Lipinski definition) is 2. The Morgan fingerprint density at radius 1 is 1.53 bits per heavy atom. The number of aliphatic hydroxyl groups excluding tert-OH is 1. The van der Waals surface area contributed by atoms with Gasteiger partial charge in [0.05, 0.1) is 6.10 Å². The van der Waals surface area contributed by atoms with Crippen molar-refractivity contribution >= 4 is 17.5 Å². The van der Waals surface area contributed by atoms with Gasteiger partial charge in [0.15, 0.2) is 0 Å². The first kappa shape index (κ1) is 14.3. The van der Waals surface area contributed by atoms with Crippen molar-refractivity contribution in [2.24, 2.45) is 5.92 Å². The molecule has 1 saturated carbocycles.